The van der Waals surface area contributed by atoms with E-state index in [1.807, 2.05) is 6.92 Å². The molecule has 0 aromatic carbocycles. The molecule has 1 fully saturated rings. The van der Waals surface area contributed by atoms with E-state index in [0.29, 0.717) is 11.2 Å². The molecule has 0 unspecified atom stereocenters. The van der Waals surface area contributed by atoms with Gasteiger partial charge in [0.2, 0.25) is 0 Å². The molecule has 3 nitrogen and oxygen atoms in total. The van der Waals surface area contributed by atoms with Crippen LogP contribution in [0.5, 0.6) is 0 Å². The second kappa shape index (κ2) is 3.01. The van der Waals surface area contributed by atoms with E-state index in [0.717, 1.165) is 24.5 Å². The third-order valence-electron chi connectivity index (χ3n) is 3.51. The van der Waals surface area contributed by atoms with Gasteiger partial charge in [0.15, 0.2) is 5.82 Å². The number of anilines is 2. The van der Waals surface area contributed by atoms with Crippen LogP contribution in [0.1, 0.15) is 17.5 Å². The molecule has 0 saturated carbocycles. The highest BCUT2D eigenvalue weighted by molar-refractivity contribution is 6.30. The van der Waals surface area contributed by atoms with Crippen molar-refractivity contribution >= 4 is 23.1 Å². The molecular weight excluding hydrogens is 210 g/mol. The van der Waals surface area contributed by atoms with Crippen LogP contribution in [0.4, 0.5) is 11.5 Å². The van der Waals surface area contributed by atoms with Crippen molar-refractivity contribution in [2.24, 2.45) is 0 Å². The summed E-state index contributed by atoms with van der Waals surface area (Å²) in [5, 5.41) is 4.09. The lowest BCUT2D eigenvalue weighted by atomic mass is 10.1. The molecule has 2 aliphatic heterocycles. The molecule has 80 valence electrons. The molecule has 0 radical (unpaired) electrons. The van der Waals surface area contributed by atoms with Crippen molar-refractivity contribution in [2.75, 3.05) is 23.3 Å². The largest absolute Gasteiger partial charge is 0.366 e. The molecule has 3 heterocycles. The fourth-order valence-electron chi connectivity index (χ4n) is 2.51. The van der Waals surface area contributed by atoms with Gasteiger partial charge < -0.3 is 10.2 Å². The molecule has 4 heteroatoms. The molecule has 1 atom stereocenters. The molecule has 2 aliphatic rings. The first-order chi connectivity index (χ1) is 7.16. The average Bonchev–Trinajstić information content (AvgIpc) is 2.57. The van der Waals surface area contributed by atoms with Gasteiger partial charge in [0.05, 0.1) is 5.69 Å². The molecular formula is C11H14ClN3. The van der Waals surface area contributed by atoms with E-state index < -0.39 is 0 Å². The monoisotopic (exact) mass is 223 g/mol. The molecule has 1 N–H and O–H groups in total. The maximum Gasteiger partial charge on any atom is 0.151 e. The minimum absolute atomic E-state index is 0.558. The number of hydrogen-bond acceptors (Lipinski definition) is 3. The van der Waals surface area contributed by atoms with Gasteiger partial charge in [-0.15, -0.1) is 0 Å². The molecule has 0 aliphatic carbocycles. The third-order valence-corrected chi connectivity index (χ3v) is 3.87. The van der Waals surface area contributed by atoms with Crippen molar-refractivity contribution in [1.29, 1.82) is 0 Å². The second-order valence-corrected chi connectivity index (χ2v) is 4.78. The van der Waals surface area contributed by atoms with Crippen molar-refractivity contribution < 1.29 is 0 Å². The molecule has 2 bridgehead atoms. The Bertz CT molecular complexity index is 430. The second-order valence-electron chi connectivity index (χ2n) is 4.43. The first kappa shape index (κ1) is 9.28. The number of nitrogens with one attached hydrogen (secondary N) is 1. The van der Waals surface area contributed by atoms with Gasteiger partial charge in [-0.05, 0) is 31.4 Å². The Morgan fingerprint density at radius 1 is 1.40 bits per heavy atom. The van der Waals surface area contributed by atoms with Gasteiger partial charge in [-0.25, -0.2) is 4.98 Å². The highest BCUT2D eigenvalue weighted by Gasteiger charge is 2.32. The van der Waals surface area contributed by atoms with Crippen molar-refractivity contribution in [3.05, 3.63) is 16.3 Å². The Morgan fingerprint density at radius 2 is 2.20 bits per heavy atom. The highest BCUT2D eigenvalue weighted by Crippen LogP contribution is 2.39. The fourth-order valence-corrected chi connectivity index (χ4v) is 2.73. The van der Waals surface area contributed by atoms with E-state index in [9.17, 15) is 0 Å². The SMILES string of the molecule is Cc1c(Cl)nc2c(c1C)N1CC[C@@H](C1)N2. The van der Waals surface area contributed by atoms with E-state index >= 15 is 0 Å². The first-order valence-corrected chi connectivity index (χ1v) is 5.73. The van der Waals surface area contributed by atoms with Crippen molar-refractivity contribution in [3.8, 4) is 0 Å². The summed E-state index contributed by atoms with van der Waals surface area (Å²) < 4.78 is 0. The number of aromatic nitrogens is 1. The zero-order valence-electron chi connectivity index (χ0n) is 8.97. The minimum atomic E-state index is 0.558. The minimum Gasteiger partial charge on any atom is -0.366 e. The van der Waals surface area contributed by atoms with Gasteiger partial charge in [-0.3, -0.25) is 0 Å². The summed E-state index contributed by atoms with van der Waals surface area (Å²) in [5.41, 5.74) is 3.62. The van der Waals surface area contributed by atoms with Crippen LogP contribution < -0.4 is 10.2 Å². The zero-order valence-corrected chi connectivity index (χ0v) is 9.73. The molecule has 0 spiro atoms. The quantitative estimate of drug-likeness (QED) is 0.685. The van der Waals surface area contributed by atoms with E-state index in [4.69, 9.17) is 11.6 Å². The lowest BCUT2D eigenvalue weighted by Gasteiger charge is -2.30. The Labute approximate surface area is 94.4 Å². The number of pyridine rings is 1. The Morgan fingerprint density at radius 3 is 3.00 bits per heavy atom. The number of nitrogens with zero attached hydrogens (tertiary/aromatic N) is 2. The van der Waals surface area contributed by atoms with Crippen LogP contribution in [0, 0.1) is 13.8 Å². The third kappa shape index (κ3) is 1.22. The number of hydrogen-bond donors (Lipinski definition) is 1. The summed E-state index contributed by atoms with van der Waals surface area (Å²) in [7, 11) is 0. The van der Waals surface area contributed by atoms with Crippen LogP contribution in [0.2, 0.25) is 5.15 Å². The van der Waals surface area contributed by atoms with Crippen LogP contribution in [-0.4, -0.2) is 24.1 Å². The summed E-state index contributed by atoms with van der Waals surface area (Å²) in [4.78, 5) is 6.85. The predicted molar refractivity (Wildman–Crippen MR) is 63.0 cm³/mol. The summed E-state index contributed by atoms with van der Waals surface area (Å²) >= 11 is 6.10. The highest BCUT2D eigenvalue weighted by atomic mass is 35.5. The standard InChI is InChI=1S/C11H14ClN3/c1-6-7(2)10(12)14-11-9(6)15-4-3-8(5-15)13-11/h8H,3-5H2,1-2H3,(H,13,14)/t8-/m0/s1. The molecule has 1 saturated heterocycles. The Kier molecular flexibility index (Phi) is 1.87. The van der Waals surface area contributed by atoms with Crippen LogP contribution in [0.25, 0.3) is 0 Å². The van der Waals surface area contributed by atoms with Gasteiger partial charge in [0.25, 0.3) is 0 Å². The van der Waals surface area contributed by atoms with Crippen molar-refractivity contribution in [1.82, 2.24) is 4.98 Å². The predicted octanol–water partition coefficient (Wildman–Crippen LogP) is 2.36. The molecule has 3 rings (SSSR count). The number of rotatable bonds is 0. The van der Waals surface area contributed by atoms with Crippen LogP contribution in [0.3, 0.4) is 0 Å². The van der Waals surface area contributed by atoms with Gasteiger partial charge >= 0.3 is 0 Å². The van der Waals surface area contributed by atoms with Gasteiger partial charge in [-0.2, -0.15) is 0 Å². The van der Waals surface area contributed by atoms with E-state index in [2.05, 4.69) is 22.1 Å². The number of halogens is 1. The summed E-state index contributed by atoms with van der Waals surface area (Å²) in [5.74, 6) is 0.969. The summed E-state index contributed by atoms with van der Waals surface area (Å²) in [6, 6.07) is 0.558. The van der Waals surface area contributed by atoms with Crippen molar-refractivity contribution in [3.63, 3.8) is 0 Å². The zero-order chi connectivity index (χ0) is 10.6. The van der Waals surface area contributed by atoms with Crippen LogP contribution >= 0.6 is 11.6 Å². The lowest BCUT2D eigenvalue weighted by molar-refractivity contribution is 0.786. The Balaban J connectivity index is 2.22. The smallest absolute Gasteiger partial charge is 0.151 e. The normalized spacial score (nSPS) is 22.6. The van der Waals surface area contributed by atoms with E-state index in [1.165, 1.54) is 17.7 Å². The number of fused-ring (bicyclic) bond motifs is 4. The van der Waals surface area contributed by atoms with Gasteiger partial charge in [0.1, 0.15) is 5.15 Å². The van der Waals surface area contributed by atoms with E-state index in [1.54, 1.807) is 0 Å². The summed E-state index contributed by atoms with van der Waals surface area (Å²) in [6.45, 7) is 6.40. The maximum atomic E-state index is 6.10. The van der Waals surface area contributed by atoms with Gasteiger partial charge in [0, 0.05) is 19.1 Å². The fraction of sp³-hybridized carbons (Fsp3) is 0.545. The van der Waals surface area contributed by atoms with Gasteiger partial charge in [-0.1, -0.05) is 11.6 Å². The maximum absolute atomic E-state index is 6.10. The molecule has 0 amide bonds. The molecule has 15 heavy (non-hydrogen) atoms. The van der Waals surface area contributed by atoms with Crippen LogP contribution in [0.15, 0.2) is 0 Å². The lowest BCUT2D eigenvalue weighted by Crippen LogP contribution is -2.33. The molecule has 1 aromatic rings. The van der Waals surface area contributed by atoms with Crippen LogP contribution in [-0.2, 0) is 0 Å². The topological polar surface area (TPSA) is 28.2 Å². The Hall–Kier alpha value is -0.960. The molecule has 1 aromatic heterocycles. The summed E-state index contributed by atoms with van der Waals surface area (Å²) in [6.07, 6.45) is 1.20. The first-order valence-electron chi connectivity index (χ1n) is 5.35. The van der Waals surface area contributed by atoms with E-state index in [-0.39, 0.29) is 0 Å². The van der Waals surface area contributed by atoms with Crippen molar-refractivity contribution in [2.45, 2.75) is 26.3 Å². The average molecular weight is 224 g/mol.